The fourth-order valence-electron chi connectivity index (χ4n) is 2.74. The maximum absolute atomic E-state index is 12.0. The van der Waals surface area contributed by atoms with Gasteiger partial charge in [0.15, 0.2) is 0 Å². The van der Waals surface area contributed by atoms with Gasteiger partial charge in [0.25, 0.3) is 0 Å². The molecule has 0 aliphatic carbocycles. The minimum atomic E-state index is -0.0714. The van der Waals surface area contributed by atoms with Gasteiger partial charge in [-0.05, 0) is 42.8 Å². The van der Waals surface area contributed by atoms with Crippen LogP contribution in [-0.2, 0) is 11.2 Å². The molecule has 0 saturated heterocycles. The molecule has 3 aromatic rings. The van der Waals surface area contributed by atoms with E-state index in [2.05, 4.69) is 27.8 Å². The maximum Gasteiger partial charge on any atom is 0.225 e. The number of carbonyl (C=O) groups is 1. The van der Waals surface area contributed by atoms with Crippen molar-refractivity contribution in [3.63, 3.8) is 0 Å². The second-order valence-corrected chi connectivity index (χ2v) is 6.69. The first-order valence-corrected chi connectivity index (χ1v) is 8.89. The topological polar surface area (TPSA) is 56.9 Å². The zero-order valence-electron chi connectivity index (χ0n) is 13.6. The monoisotopic (exact) mass is 375 g/mol. The Hall–Kier alpha value is -2.01. The van der Waals surface area contributed by atoms with Gasteiger partial charge in [0.05, 0.1) is 0 Å². The van der Waals surface area contributed by atoms with Gasteiger partial charge in [-0.1, -0.05) is 41.4 Å². The van der Waals surface area contributed by atoms with Gasteiger partial charge in [0.1, 0.15) is 0 Å². The predicted molar refractivity (Wildman–Crippen MR) is 105 cm³/mol. The van der Waals surface area contributed by atoms with Crippen LogP contribution in [0.15, 0.2) is 48.7 Å². The summed E-state index contributed by atoms with van der Waals surface area (Å²) in [6, 6.07) is 13.2. The van der Waals surface area contributed by atoms with Gasteiger partial charge in [-0.2, -0.15) is 0 Å². The van der Waals surface area contributed by atoms with Crippen LogP contribution in [0.2, 0.25) is 10.0 Å². The third-order valence-electron chi connectivity index (χ3n) is 3.92. The molecule has 25 heavy (non-hydrogen) atoms. The Morgan fingerprint density at radius 2 is 1.80 bits per heavy atom. The lowest BCUT2D eigenvalue weighted by molar-refractivity contribution is -0.116. The summed E-state index contributed by atoms with van der Waals surface area (Å²) in [5, 5.41) is 8.35. The lowest BCUT2D eigenvalue weighted by atomic mass is 10.1. The number of aromatic nitrogens is 1. The summed E-state index contributed by atoms with van der Waals surface area (Å²) in [5.41, 5.74) is 3.04. The summed E-state index contributed by atoms with van der Waals surface area (Å²) >= 11 is 11.8. The van der Waals surface area contributed by atoms with E-state index in [1.54, 1.807) is 18.2 Å². The zero-order chi connectivity index (χ0) is 17.6. The Bertz CT molecular complexity index is 856. The number of rotatable bonds is 7. The summed E-state index contributed by atoms with van der Waals surface area (Å²) in [7, 11) is 0. The minimum absolute atomic E-state index is 0.0714. The number of fused-ring (bicyclic) bond motifs is 1. The maximum atomic E-state index is 12.0. The normalized spacial score (nSPS) is 11.0. The molecule has 3 rings (SSSR count). The molecule has 0 aliphatic rings. The van der Waals surface area contributed by atoms with Crippen molar-refractivity contribution in [1.82, 2.24) is 10.3 Å². The minimum Gasteiger partial charge on any atom is -0.361 e. The zero-order valence-corrected chi connectivity index (χ0v) is 15.1. The van der Waals surface area contributed by atoms with Crippen LogP contribution >= 0.6 is 23.2 Å². The summed E-state index contributed by atoms with van der Waals surface area (Å²) in [6.07, 6.45) is 3.34. The molecule has 0 radical (unpaired) electrons. The lowest BCUT2D eigenvalue weighted by Crippen LogP contribution is -2.23. The SMILES string of the molecule is O=C(CCNCCc1c[nH]c2ccccc12)Nc1cc(Cl)cc(Cl)c1. The van der Waals surface area contributed by atoms with Crippen molar-refractivity contribution in [2.24, 2.45) is 0 Å². The van der Waals surface area contributed by atoms with Crippen LogP contribution < -0.4 is 10.6 Å². The fraction of sp³-hybridized carbons (Fsp3) is 0.211. The average Bonchev–Trinajstić information content (AvgIpc) is 2.97. The first-order valence-electron chi connectivity index (χ1n) is 8.13. The van der Waals surface area contributed by atoms with Crippen molar-refractivity contribution in [1.29, 1.82) is 0 Å². The fourth-order valence-corrected chi connectivity index (χ4v) is 3.26. The Labute approximate surface area is 156 Å². The lowest BCUT2D eigenvalue weighted by Gasteiger charge is -2.07. The summed E-state index contributed by atoms with van der Waals surface area (Å²) in [4.78, 5) is 15.2. The first kappa shape index (κ1) is 17.8. The molecule has 130 valence electrons. The Morgan fingerprint density at radius 1 is 1.04 bits per heavy atom. The van der Waals surface area contributed by atoms with Crippen LogP contribution in [0, 0.1) is 0 Å². The molecule has 0 unspecified atom stereocenters. The Kier molecular flexibility index (Phi) is 5.97. The predicted octanol–water partition coefficient (Wildman–Crippen LogP) is 4.64. The highest BCUT2D eigenvalue weighted by atomic mass is 35.5. The number of nitrogens with one attached hydrogen (secondary N) is 3. The van der Waals surface area contributed by atoms with Crippen molar-refractivity contribution in [2.75, 3.05) is 18.4 Å². The molecule has 4 nitrogen and oxygen atoms in total. The molecule has 0 aliphatic heterocycles. The summed E-state index contributed by atoms with van der Waals surface area (Å²) in [6.45, 7) is 1.43. The number of hydrogen-bond donors (Lipinski definition) is 3. The summed E-state index contributed by atoms with van der Waals surface area (Å²) in [5.74, 6) is -0.0714. The second-order valence-electron chi connectivity index (χ2n) is 5.82. The summed E-state index contributed by atoms with van der Waals surface area (Å²) < 4.78 is 0. The number of H-pyrrole nitrogens is 1. The highest BCUT2D eigenvalue weighted by Gasteiger charge is 2.05. The van der Waals surface area contributed by atoms with Crippen LogP contribution in [0.25, 0.3) is 10.9 Å². The van der Waals surface area contributed by atoms with Crippen LogP contribution in [0.3, 0.4) is 0 Å². The van der Waals surface area contributed by atoms with Gasteiger partial charge < -0.3 is 15.6 Å². The van der Waals surface area contributed by atoms with E-state index < -0.39 is 0 Å². The molecule has 0 saturated carbocycles. The highest BCUT2D eigenvalue weighted by Crippen LogP contribution is 2.22. The average molecular weight is 376 g/mol. The van der Waals surface area contributed by atoms with Crippen LogP contribution in [0.5, 0.6) is 0 Å². The molecule has 1 amide bonds. The van der Waals surface area contributed by atoms with E-state index in [-0.39, 0.29) is 5.91 Å². The van der Waals surface area contributed by atoms with E-state index in [1.165, 1.54) is 10.9 Å². The number of benzene rings is 2. The first-order chi connectivity index (χ1) is 12.1. The number of para-hydroxylation sites is 1. The number of anilines is 1. The molecule has 6 heteroatoms. The van der Waals surface area contributed by atoms with E-state index in [0.29, 0.717) is 28.7 Å². The molecule has 0 bridgehead atoms. The molecular formula is C19H19Cl2N3O. The smallest absolute Gasteiger partial charge is 0.225 e. The molecule has 0 fully saturated rings. The molecular weight excluding hydrogens is 357 g/mol. The van der Waals surface area contributed by atoms with E-state index >= 15 is 0 Å². The van der Waals surface area contributed by atoms with Gasteiger partial charge >= 0.3 is 0 Å². The van der Waals surface area contributed by atoms with Crippen molar-refractivity contribution in [2.45, 2.75) is 12.8 Å². The van der Waals surface area contributed by atoms with Crippen molar-refractivity contribution >= 4 is 45.7 Å². The van der Waals surface area contributed by atoms with Crippen molar-refractivity contribution in [3.8, 4) is 0 Å². The molecule has 0 atom stereocenters. The molecule has 2 aromatic carbocycles. The third-order valence-corrected chi connectivity index (χ3v) is 4.36. The van der Waals surface area contributed by atoms with Gasteiger partial charge in [0.2, 0.25) is 5.91 Å². The number of carbonyl (C=O) groups excluding carboxylic acids is 1. The van der Waals surface area contributed by atoms with E-state index in [9.17, 15) is 4.79 Å². The largest absolute Gasteiger partial charge is 0.361 e. The van der Waals surface area contributed by atoms with Gasteiger partial charge in [0, 0.05) is 45.8 Å². The third kappa shape index (κ3) is 4.98. The molecule has 1 aromatic heterocycles. The molecule has 3 N–H and O–H groups in total. The molecule has 0 spiro atoms. The van der Waals surface area contributed by atoms with Gasteiger partial charge in [-0.3, -0.25) is 4.79 Å². The van der Waals surface area contributed by atoms with E-state index in [4.69, 9.17) is 23.2 Å². The van der Waals surface area contributed by atoms with Crippen molar-refractivity contribution in [3.05, 3.63) is 64.3 Å². The van der Waals surface area contributed by atoms with Gasteiger partial charge in [-0.15, -0.1) is 0 Å². The number of halogens is 2. The Balaban J connectivity index is 1.40. The number of amides is 1. The standard InChI is InChI=1S/C19H19Cl2N3O/c20-14-9-15(21)11-16(10-14)24-19(25)6-8-22-7-5-13-12-23-18-4-2-1-3-17(13)18/h1-4,9-12,22-23H,5-8H2,(H,24,25). The van der Waals surface area contributed by atoms with E-state index in [0.717, 1.165) is 18.5 Å². The van der Waals surface area contributed by atoms with Crippen LogP contribution in [0.1, 0.15) is 12.0 Å². The second kappa shape index (κ2) is 8.39. The number of aromatic amines is 1. The van der Waals surface area contributed by atoms with Crippen molar-refractivity contribution < 1.29 is 4.79 Å². The van der Waals surface area contributed by atoms with Crippen LogP contribution in [0.4, 0.5) is 5.69 Å². The quantitative estimate of drug-likeness (QED) is 0.527. The Morgan fingerprint density at radius 3 is 2.60 bits per heavy atom. The van der Waals surface area contributed by atoms with E-state index in [1.807, 2.05) is 18.3 Å². The van der Waals surface area contributed by atoms with Gasteiger partial charge in [-0.25, -0.2) is 0 Å². The highest BCUT2D eigenvalue weighted by molar-refractivity contribution is 6.35. The van der Waals surface area contributed by atoms with Crippen LogP contribution in [-0.4, -0.2) is 24.0 Å². The number of hydrogen-bond acceptors (Lipinski definition) is 2. The molecule has 1 heterocycles.